The summed E-state index contributed by atoms with van der Waals surface area (Å²) in [4.78, 5) is 15.4. The molecule has 0 saturated heterocycles. The average molecular weight is 268 g/mol. The van der Waals surface area contributed by atoms with Crippen molar-refractivity contribution in [3.63, 3.8) is 0 Å². The molecule has 0 aliphatic heterocycles. The van der Waals surface area contributed by atoms with E-state index in [0.717, 1.165) is 37.6 Å². The number of aromatic amines is 1. The lowest BCUT2D eigenvalue weighted by Gasteiger charge is -2.12. The van der Waals surface area contributed by atoms with Gasteiger partial charge in [-0.1, -0.05) is 18.2 Å². The lowest BCUT2D eigenvalue weighted by Crippen LogP contribution is -2.31. The predicted octanol–water partition coefficient (Wildman–Crippen LogP) is 2.87. The molecule has 2 aliphatic rings. The maximum absolute atomic E-state index is 12.1. The van der Waals surface area contributed by atoms with Gasteiger partial charge in [0.05, 0.1) is 0 Å². The third-order valence-corrected chi connectivity index (χ3v) is 4.98. The Bertz CT molecular complexity index is 635. The van der Waals surface area contributed by atoms with Gasteiger partial charge in [0.25, 0.3) is 0 Å². The lowest BCUT2D eigenvalue weighted by atomic mass is 10.0. The van der Waals surface area contributed by atoms with Gasteiger partial charge in [-0.25, -0.2) is 0 Å². The van der Waals surface area contributed by atoms with Crippen molar-refractivity contribution in [2.24, 2.45) is 17.8 Å². The Kier molecular flexibility index (Phi) is 2.79. The highest BCUT2D eigenvalue weighted by atomic mass is 16.1. The van der Waals surface area contributed by atoms with E-state index in [-0.39, 0.29) is 5.91 Å². The number of carbonyl (C=O) groups excluding carboxylic acids is 1. The highest BCUT2D eigenvalue weighted by Crippen LogP contribution is 2.54. The van der Waals surface area contributed by atoms with Crippen molar-refractivity contribution in [2.75, 3.05) is 6.54 Å². The molecule has 20 heavy (non-hydrogen) atoms. The van der Waals surface area contributed by atoms with Crippen molar-refractivity contribution in [1.29, 1.82) is 0 Å². The fourth-order valence-electron chi connectivity index (χ4n) is 3.73. The van der Waals surface area contributed by atoms with E-state index in [1.54, 1.807) is 0 Å². The molecule has 0 spiro atoms. The van der Waals surface area contributed by atoms with Crippen LogP contribution in [0.1, 0.15) is 24.8 Å². The van der Waals surface area contributed by atoms with Gasteiger partial charge in [-0.05, 0) is 49.1 Å². The van der Waals surface area contributed by atoms with E-state index in [9.17, 15) is 4.79 Å². The number of aromatic nitrogens is 1. The number of H-pyrrole nitrogens is 1. The van der Waals surface area contributed by atoms with Crippen LogP contribution in [0.25, 0.3) is 10.9 Å². The third-order valence-electron chi connectivity index (χ3n) is 4.98. The van der Waals surface area contributed by atoms with E-state index in [1.807, 2.05) is 6.07 Å². The van der Waals surface area contributed by atoms with Crippen LogP contribution in [0.2, 0.25) is 0 Å². The van der Waals surface area contributed by atoms with Gasteiger partial charge in [0, 0.05) is 29.6 Å². The Balaban J connectivity index is 1.33. The van der Waals surface area contributed by atoms with Crippen LogP contribution in [-0.2, 0) is 11.2 Å². The van der Waals surface area contributed by atoms with Crippen molar-refractivity contribution in [3.05, 3.63) is 36.0 Å². The largest absolute Gasteiger partial charge is 0.361 e. The topological polar surface area (TPSA) is 44.9 Å². The maximum Gasteiger partial charge on any atom is 0.223 e. The molecule has 2 aliphatic carbocycles. The van der Waals surface area contributed by atoms with E-state index >= 15 is 0 Å². The normalized spacial score (nSPS) is 27.5. The summed E-state index contributed by atoms with van der Waals surface area (Å²) in [6.07, 6.45) is 6.59. The number of rotatable bonds is 4. The minimum atomic E-state index is 0.275. The number of amides is 1. The van der Waals surface area contributed by atoms with Crippen molar-refractivity contribution in [3.8, 4) is 0 Å². The van der Waals surface area contributed by atoms with Gasteiger partial charge in [0.1, 0.15) is 0 Å². The highest BCUT2D eigenvalue weighted by Gasteiger charge is 2.47. The number of para-hydroxylation sites is 1. The van der Waals surface area contributed by atoms with E-state index in [2.05, 4.69) is 34.7 Å². The summed E-state index contributed by atoms with van der Waals surface area (Å²) in [5, 5.41) is 4.38. The van der Waals surface area contributed by atoms with Crippen LogP contribution in [0.4, 0.5) is 0 Å². The molecule has 3 heteroatoms. The molecule has 0 bridgehead atoms. The summed E-state index contributed by atoms with van der Waals surface area (Å²) < 4.78 is 0. The number of hydrogen-bond donors (Lipinski definition) is 2. The van der Waals surface area contributed by atoms with Gasteiger partial charge >= 0.3 is 0 Å². The Morgan fingerprint density at radius 1 is 1.20 bits per heavy atom. The summed E-state index contributed by atoms with van der Waals surface area (Å²) in [5.41, 5.74) is 2.46. The summed E-state index contributed by atoms with van der Waals surface area (Å²) in [5.74, 6) is 2.32. The first-order chi connectivity index (χ1) is 9.81. The van der Waals surface area contributed by atoms with Gasteiger partial charge < -0.3 is 10.3 Å². The molecule has 2 saturated carbocycles. The van der Waals surface area contributed by atoms with E-state index < -0.39 is 0 Å². The van der Waals surface area contributed by atoms with Crippen LogP contribution in [-0.4, -0.2) is 17.4 Å². The molecule has 2 unspecified atom stereocenters. The average Bonchev–Trinajstić information content (AvgIpc) is 2.90. The number of fused-ring (bicyclic) bond motifs is 2. The highest BCUT2D eigenvalue weighted by molar-refractivity contribution is 5.83. The van der Waals surface area contributed by atoms with Gasteiger partial charge in [0.15, 0.2) is 0 Å². The summed E-state index contributed by atoms with van der Waals surface area (Å²) in [6.45, 7) is 0.743. The third kappa shape index (κ3) is 2.11. The molecule has 2 aromatic rings. The quantitative estimate of drug-likeness (QED) is 0.880. The fourth-order valence-corrected chi connectivity index (χ4v) is 3.73. The Morgan fingerprint density at radius 2 is 2.00 bits per heavy atom. The first-order valence-electron chi connectivity index (χ1n) is 7.64. The van der Waals surface area contributed by atoms with Crippen LogP contribution >= 0.6 is 0 Å². The van der Waals surface area contributed by atoms with E-state index in [1.165, 1.54) is 22.9 Å². The van der Waals surface area contributed by atoms with Gasteiger partial charge in [-0.15, -0.1) is 0 Å². The number of benzene rings is 1. The number of nitrogens with one attached hydrogen (secondary N) is 2. The first-order valence-corrected chi connectivity index (χ1v) is 7.64. The van der Waals surface area contributed by atoms with E-state index in [4.69, 9.17) is 0 Å². The second-order valence-corrected chi connectivity index (χ2v) is 6.32. The van der Waals surface area contributed by atoms with Crippen LogP contribution < -0.4 is 5.32 Å². The standard InChI is InChI=1S/C17H20N2O/c20-17(14-8-12-7-13(12)9-14)18-6-5-11-10-19-16-4-2-1-3-15(11)16/h1-4,10,12-14,19H,5-9H2,(H,18,20). The van der Waals surface area contributed by atoms with E-state index in [0.29, 0.717) is 5.92 Å². The Labute approximate surface area is 118 Å². The monoisotopic (exact) mass is 268 g/mol. The molecular formula is C17H20N2O. The predicted molar refractivity (Wildman–Crippen MR) is 79.3 cm³/mol. The lowest BCUT2D eigenvalue weighted by molar-refractivity contribution is -0.125. The molecule has 2 atom stereocenters. The molecule has 2 fully saturated rings. The van der Waals surface area contributed by atoms with Crippen LogP contribution in [0.3, 0.4) is 0 Å². The molecular weight excluding hydrogens is 248 g/mol. The van der Waals surface area contributed by atoms with Crippen LogP contribution in [0.15, 0.2) is 30.5 Å². The molecule has 4 rings (SSSR count). The summed E-state index contributed by atoms with van der Waals surface area (Å²) >= 11 is 0. The molecule has 1 aromatic heterocycles. The molecule has 1 heterocycles. The molecule has 1 amide bonds. The SMILES string of the molecule is O=C(NCCc1c[nH]c2ccccc12)C1CC2CC2C1. The van der Waals surface area contributed by atoms with Crippen molar-refractivity contribution >= 4 is 16.8 Å². The van der Waals surface area contributed by atoms with Gasteiger partial charge in [0.2, 0.25) is 5.91 Å². The molecule has 1 aromatic carbocycles. The second kappa shape index (κ2) is 4.65. The zero-order valence-electron chi connectivity index (χ0n) is 11.6. The molecule has 2 N–H and O–H groups in total. The van der Waals surface area contributed by atoms with Crippen molar-refractivity contribution in [1.82, 2.24) is 10.3 Å². The molecule has 0 radical (unpaired) electrons. The fraction of sp³-hybridized carbons (Fsp3) is 0.471. The Hall–Kier alpha value is -1.77. The Morgan fingerprint density at radius 3 is 2.85 bits per heavy atom. The smallest absolute Gasteiger partial charge is 0.223 e. The van der Waals surface area contributed by atoms with Gasteiger partial charge in [-0.2, -0.15) is 0 Å². The molecule has 3 nitrogen and oxygen atoms in total. The summed E-state index contributed by atoms with van der Waals surface area (Å²) in [6, 6.07) is 8.31. The second-order valence-electron chi connectivity index (χ2n) is 6.32. The van der Waals surface area contributed by atoms with Crippen molar-refractivity contribution < 1.29 is 4.79 Å². The minimum Gasteiger partial charge on any atom is -0.361 e. The maximum atomic E-state index is 12.1. The van der Waals surface area contributed by atoms with Crippen LogP contribution in [0, 0.1) is 17.8 Å². The summed E-state index contributed by atoms with van der Waals surface area (Å²) in [7, 11) is 0. The zero-order valence-corrected chi connectivity index (χ0v) is 11.6. The first kappa shape index (κ1) is 12.0. The van der Waals surface area contributed by atoms with Crippen molar-refractivity contribution in [2.45, 2.75) is 25.7 Å². The molecule has 104 valence electrons. The van der Waals surface area contributed by atoms with Gasteiger partial charge in [-0.3, -0.25) is 4.79 Å². The number of hydrogen-bond acceptors (Lipinski definition) is 1. The minimum absolute atomic E-state index is 0.275. The zero-order chi connectivity index (χ0) is 13.5. The van der Waals surface area contributed by atoms with Crippen LogP contribution in [0.5, 0.6) is 0 Å². The number of carbonyl (C=O) groups is 1.